The first-order valence-corrected chi connectivity index (χ1v) is 20.3. The fourth-order valence-electron chi connectivity index (χ4n) is 7.06. The minimum absolute atomic E-state index is 0.588. The number of imidazole rings is 1. The van der Waals surface area contributed by atoms with Gasteiger partial charge in [-0.15, -0.1) is 0 Å². The Bertz CT molecular complexity index is 636. The molecule has 254 valence electrons. The van der Waals surface area contributed by atoms with Gasteiger partial charge in [-0.05, 0) is 26.2 Å². The summed E-state index contributed by atoms with van der Waals surface area (Å²) in [6, 6.07) is 0.588. The molecule has 0 aliphatic carbocycles. The first-order chi connectivity index (χ1) is 21.2. The summed E-state index contributed by atoms with van der Waals surface area (Å²) < 4.78 is 2.57. The van der Waals surface area contributed by atoms with Gasteiger partial charge in [-0.25, -0.2) is 4.98 Å². The highest BCUT2D eigenvalue weighted by atomic mass is 15.1. The zero-order valence-electron chi connectivity index (χ0n) is 30.3. The third kappa shape index (κ3) is 23.2. The highest BCUT2D eigenvalue weighted by Crippen LogP contribution is 2.31. The molecule has 2 nitrogen and oxygen atoms in total. The summed E-state index contributed by atoms with van der Waals surface area (Å²) in [4.78, 5) is 5.01. The molecule has 0 N–H and O–H groups in total. The minimum Gasteiger partial charge on any atom is -0.332 e. The van der Waals surface area contributed by atoms with Crippen LogP contribution in [-0.4, -0.2) is 9.55 Å². The predicted molar refractivity (Wildman–Crippen MR) is 194 cm³/mol. The van der Waals surface area contributed by atoms with Gasteiger partial charge in [0.1, 0.15) is 5.82 Å². The Morgan fingerprint density at radius 3 is 1.09 bits per heavy atom. The van der Waals surface area contributed by atoms with Gasteiger partial charge in [-0.3, -0.25) is 0 Å². The first kappa shape index (κ1) is 40.2. The zero-order chi connectivity index (χ0) is 31.1. The molecule has 0 saturated heterocycles. The molecule has 1 unspecified atom stereocenters. The molecule has 0 saturated carbocycles. The van der Waals surface area contributed by atoms with Crippen LogP contribution in [0.25, 0.3) is 0 Å². The maximum Gasteiger partial charge on any atom is 0.111 e. The van der Waals surface area contributed by atoms with Crippen LogP contribution in [0.1, 0.15) is 251 Å². The zero-order valence-corrected chi connectivity index (χ0v) is 30.3. The van der Waals surface area contributed by atoms with Gasteiger partial charge in [-0.2, -0.15) is 0 Å². The van der Waals surface area contributed by atoms with E-state index >= 15 is 0 Å². The summed E-state index contributed by atoms with van der Waals surface area (Å²) in [6.07, 6.45) is 49.7. The van der Waals surface area contributed by atoms with Crippen LogP contribution in [0.2, 0.25) is 0 Å². The molecule has 0 radical (unpaired) electrons. The van der Waals surface area contributed by atoms with E-state index in [4.69, 9.17) is 4.98 Å². The Kier molecular flexibility index (Phi) is 29.2. The van der Waals surface area contributed by atoms with Crippen molar-refractivity contribution in [3.8, 4) is 0 Å². The Morgan fingerprint density at radius 1 is 0.442 bits per heavy atom. The van der Waals surface area contributed by atoms with Crippen molar-refractivity contribution in [2.24, 2.45) is 0 Å². The van der Waals surface area contributed by atoms with Crippen molar-refractivity contribution in [3.63, 3.8) is 0 Å². The van der Waals surface area contributed by atoms with Gasteiger partial charge >= 0.3 is 0 Å². The smallest absolute Gasteiger partial charge is 0.111 e. The van der Waals surface area contributed by atoms with Crippen LogP contribution in [0, 0.1) is 0 Å². The molecule has 0 fully saturated rings. The highest BCUT2D eigenvalue weighted by Gasteiger charge is 2.19. The second kappa shape index (κ2) is 31.2. The van der Waals surface area contributed by atoms with E-state index in [9.17, 15) is 0 Å². The molecule has 0 spiro atoms. The quantitative estimate of drug-likeness (QED) is 0.0719. The summed E-state index contributed by atoms with van der Waals surface area (Å²) in [5.74, 6) is 2.07. The number of aromatic nitrogens is 2. The fraction of sp³-hybridized carbons (Fsp3) is 0.927. The Balaban J connectivity index is 2.39. The van der Waals surface area contributed by atoms with Crippen molar-refractivity contribution < 1.29 is 0 Å². The van der Waals surface area contributed by atoms with E-state index in [0.717, 1.165) is 0 Å². The molecule has 0 aliphatic rings. The van der Waals surface area contributed by atoms with Crippen LogP contribution in [0.5, 0.6) is 0 Å². The molecule has 0 aromatic carbocycles. The Labute approximate surface area is 272 Å². The molecule has 43 heavy (non-hydrogen) atoms. The minimum atomic E-state index is 0.588. The van der Waals surface area contributed by atoms with Gasteiger partial charge < -0.3 is 4.57 Å². The predicted octanol–water partition coefficient (Wildman–Crippen LogP) is 15.1. The number of unbranched alkanes of at least 4 members (excludes halogenated alkanes) is 26. The fourth-order valence-corrected chi connectivity index (χ4v) is 7.06. The van der Waals surface area contributed by atoms with Crippen LogP contribution in [0.3, 0.4) is 0 Å². The highest BCUT2D eigenvalue weighted by molar-refractivity contribution is 5.02. The maximum absolute atomic E-state index is 5.01. The van der Waals surface area contributed by atoms with E-state index in [0.29, 0.717) is 12.0 Å². The van der Waals surface area contributed by atoms with Crippen LogP contribution in [0.15, 0.2) is 12.4 Å². The standard InChI is InChI=1S/C41H80N2/c1-5-8-11-14-16-18-20-22-24-26-29-32-35-40(36-33-30-27-25-23-21-19-17-15-12-9-6-2)41-42-37-38-43(41)39(4)34-31-28-13-10-7-3/h37-40H,5-36H2,1-4H3. The van der Waals surface area contributed by atoms with Crippen molar-refractivity contribution in [2.75, 3.05) is 0 Å². The van der Waals surface area contributed by atoms with Crippen molar-refractivity contribution in [3.05, 3.63) is 18.2 Å². The lowest BCUT2D eigenvalue weighted by atomic mass is 9.92. The Morgan fingerprint density at radius 2 is 0.744 bits per heavy atom. The molecule has 0 amide bonds. The van der Waals surface area contributed by atoms with Crippen LogP contribution in [-0.2, 0) is 0 Å². The van der Waals surface area contributed by atoms with Crippen molar-refractivity contribution >= 4 is 0 Å². The second-order valence-electron chi connectivity index (χ2n) is 14.3. The molecule has 1 rings (SSSR count). The van der Waals surface area contributed by atoms with Crippen molar-refractivity contribution in [1.82, 2.24) is 9.55 Å². The van der Waals surface area contributed by atoms with Gasteiger partial charge in [0.15, 0.2) is 0 Å². The van der Waals surface area contributed by atoms with E-state index in [2.05, 4.69) is 44.7 Å². The average molecular weight is 601 g/mol. The maximum atomic E-state index is 5.01. The van der Waals surface area contributed by atoms with E-state index in [1.807, 2.05) is 0 Å². The molecule has 1 atom stereocenters. The summed E-state index contributed by atoms with van der Waals surface area (Å²) in [7, 11) is 0. The van der Waals surface area contributed by atoms with Gasteiger partial charge in [0.25, 0.3) is 0 Å². The van der Waals surface area contributed by atoms with Crippen LogP contribution >= 0.6 is 0 Å². The van der Waals surface area contributed by atoms with Crippen LogP contribution in [0.4, 0.5) is 0 Å². The monoisotopic (exact) mass is 601 g/mol. The van der Waals surface area contributed by atoms with Gasteiger partial charge in [0.2, 0.25) is 0 Å². The normalized spacial score (nSPS) is 12.5. The molecule has 1 heterocycles. The number of hydrogen-bond acceptors (Lipinski definition) is 1. The Hall–Kier alpha value is -0.790. The van der Waals surface area contributed by atoms with Gasteiger partial charge in [0, 0.05) is 24.4 Å². The summed E-state index contributed by atoms with van der Waals surface area (Å²) in [5.41, 5.74) is 0. The largest absolute Gasteiger partial charge is 0.332 e. The lowest BCUT2D eigenvalue weighted by Gasteiger charge is -2.22. The summed E-state index contributed by atoms with van der Waals surface area (Å²) in [6.45, 7) is 9.38. The third-order valence-electron chi connectivity index (χ3n) is 10.1. The summed E-state index contributed by atoms with van der Waals surface area (Å²) >= 11 is 0. The van der Waals surface area contributed by atoms with E-state index in [1.54, 1.807) is 0 Å². The summed E-state index contributed by atoms with van der Waals surface area (Å²) in [5, 5.41) is 0. The molecule has 1 aromatic rings. The second-order valence-corrected chi connectivity index (χ2v) is 14.3. The molecule has 0 aliphatic heterocycles. The lowest BCUT2D eigenvalue weighted by molar-refractivity contribution is 0.412. The number of hydrogen-bond donors (Lipinski definition) is 0. The number of rotatable bonds is 34. The molecular formula is C41H80N2. The van der Waals surface area contributed by atoms with Gasteiger partial charge in [0.05, 0.1) is 0 Å². The van der Waals surface area contributed by atoms with Crippen molar-refractivity contribution in [1.29, 1.82) is 0 Å². The van der Waals surface area contributed by atoms with E-state index in [1.165, 1.54) is 211 Å². The van der Waals surface area contributed by atoms with E-state index in [-0.39, 0.29) is 0 Å². The first-order valence-electron chi connectivity index (χ1n) is 20.3. The van der Waals surface area contributed by atoms with Crippen LogP contribution < -0.4 is 0 Å². The molecule has 1 aromatic heterocycles. The average Bonchev–Trinajstić information content (AvgIpc) is 3.51. The molecule has 2 heteroatoms. The SMILES string of the molecule is CCCCCCCCCCCCCCC(CCCCCCCCCCCCCC)c1nccn1C(C)CCCCCCC. The number of nitrogens with zero attached hydrogens (tertiary/aromatic N) is 2. The third-order valence-corrected chi connectivity index (χ3v) is 10.1. The molecular weight excluding hydrogens is 520 g/mol. The van der Waals surface area contributed by atoms with Crippen molar-refractivity contribution in [2.45, 2.75) is 245 Å². The van der Waals surface area contributed by atoms with Gasteiger partial charge in [-0.1, -0.05) is 207 Å². The topological polar surface area (TPSA) is 17.8 Å². The molecule has 0 bridgehead atoms. The lowest BCUT2D eigenvalue weighted by Crippen LogP contribution is -2.13. The van der Waals surface area contributed by atoms with E-state index < -0.39 is 0 Å².